The van der Waals surface area contributed by atoms with Gasteiger partial charge >= 0.3 is 17.9 Å². The van der Waals surface area contributed by atoms with Crippen LogP contribution in [0, 0.1) is 11.8 Å². The molecule has 244 valence electrons. The average molecular weight is 600 g/mol. The Morgan fingerprint density at radius 3 is 1.14 bits per heavy atom. The number of carbonyl (C=O) groups excluding carboxylic acids is 2. The molecular weight excluding hydrogens is 542 g/mol. The summed E-state index contributed by atoms with van der Waals surface area (Å²) in [4.78, 5) is 64.5. The second-order valence-corrected chi connectivity index (χ2v) is 12.0. The molecule has 0 rings (SSSR count). The third kappa shape index (κ3) is 22.9. The predicted octanol–water partition coefficient (Wildman–Crippen LogP) is 4.58. The first-order chi connectivity index (χ1) is 19.8. The van der Waals surface area contributed by atoms with Crippen molar-refractivity contribution in [2.75, 3.05) is 45.8 Å². The zero-order valence-corrected chi connectivity index (χ0v) is 26.5. The van der Waals surface area contributed by atoms with E-state index in [9.17, 15) is 39.3 Å². The van der Waals surface area contributed by atoms with Crippen LogP contribution in [0.5, 0.6) is 0 Å². The maximum Gasteiger partial charge on any atom is 0.305 e. The highest BCUT2D eigenvalue weighted by Crippen LogP contribution is 2.12. The molecule has 0 aromatic carbocycles. The van der Waals surface area contributed by atoms with Crippen LogP contribution in [0.3, 0.4) is 0 Å². The Bertz CT molecular complexity index is 747. The van der Waals surface area contributed by atoms with Crippen molar-refractivity contribution in [3.63, 3.8) is 0 Å². The number of amides is 2. The molecule has 11 nitrogen and oxygen atoms in total. The van der Waals surface area contributed by atoms with E-state index in [1.807, 2.05) is 4.90 Å². The molecule has 3 N–H and O–H groups in total. The normalized spacial score (nSPS) is 11.3. The molecule has 11 heteroatoms. The second kappa shape index (κ2) is 23.8. The van der Waals surface area contributed by atoms with Gasteiger partial charge in [-0.05, 0) is 24.7 Å². The van der Waals surface area contributed by atoms with Gasteiger partial charge in [-0.1, -0.05) is 66.2 Å². The highest BCUT2D eigenvalue weighted by atomic mass is 16.4. The molecule has 0 aliphatic rings. The summed E-state index contributed by atoms with van der Waals surface area (Å²) in [5.41, 5.74) is 0. The minimum absolute atomic E-state index is 0.0764. The number of carbonyl (C=O) groups is 5. The Morgan fingerprint density at radius 2 is 0.810 bits per heavy atom. The molecule has 0 aliphatic heterocycles. The van der Waals surface area contributed by atoms with Crippen molar-refractivity contribution in [2.24, 2.45) is 11.8 Å². The van der Waals surface area contributed by atoms with Gasteiger partial charge in [-0.2, -0.15) is 0 Å². The maximum atomic E-state index is 12.9. The molecule has 0 heterocycles. The first-order valence-electron chi connectivity index (χ1n) is 15.7. The van der Waals surface area contributed by atoms with Gasteiger partial charge in [0.1, 0.15) is 0 Å². The zero-order chi connectivity index (χ0) is 31.9. The van der Waals surface area contributed by atoms with Crippen molar-refractivity contribution >= 4 is 29.7 Å². The summed E-state index contributed by atoms with van der Waals surface area (Å²) in [6, 6.07) is 0. The smallest absolute Gasteiger partial charge is 0.305 e. The number of carboxylic acid groups (broad SMARTS) is 3. The van der Waals surface area contributed by atoms with E-state index in [1.54, 1.807) is 0 Å². The third-order valence-corrected chi connectivity index (χ3v) is 7.26. The van der Waals surface area contributed by atoms with E-state index >= 15 is 0 Å². The van der Waals surface area contributed by atoms with Crippen molar-refractivity contribution in [3.05, 3.63) is 0 Å². The van der Waals surface area contributed by atoms with E-state index in [1.165, 1.54) is 9.80 Å². The molecule has 42 heavy (non-hydrogen) atoms. The van der Waals surface area contributed by atoms with Crippen LogP contribution in [0.25, 0.3) is 0 Å². The number of carboxylic acids is 3. The van der Waals surface area contributed by atoms with Crippen LogP contribution in [0.4, 0.5) is 0 Å². The van der Waals surface area contributed by atoms with Gasteiger partial charge in [0.25, 0.3) is 0 Å². The fraction of sp³-hybridized carbons (Fsp3) is 0.839. The largest absolute Gasteiger partial charge is 0.481 e. The summed E-state index contributed by atoms with van der Waals surface area (Å²) in [5, 5.41) is 27.6. The van der Waals surface area contributed by atoms with E-state index < -0.39 is 17.9 Å². The van der Waals surface area contributed by atoms with Gasteiger partial charge in [0.2, 0.25) is 11.8 Å². The van der Waals surface area contributed by atoms with Gasteiger partial charge in [0.15, 0.2) is 0 Å². The number of hydrogen-bond acceptors (Lipinski definition) is 6. The highest BCUT2D eigenvalue weighted by molar-refractivity contribution is 5.77. The summed E-state index contributed by atoms with van der Waals surface area (Å²) in [5.74, 6) is -1.98. The number of aliphatic carboxylic acids is 3. The van der Waals surface area contributed by atoms with Crippen LogP contribution >= 0.6 is 0 Å². The van der Waals surface area contributed by atoms with E-state index in [2.05, 4.69) is 27.7 Å². The molecule has 0 spiro atoms. The summed E-state index contributed by atoms with van der Waals surface area (Å²) in [6.07, 6.45) is 7.78. The van der Waals surface area contributed by atoms with Crippen LogP contribution in [0.15, 0.2) is 0 Å². The topological polar surface area (TPSA) is 156 Å². The first-order valence-corrected chi connectivity index (χ1v) is 15.7. The number of unbranched alkanes of at least 4 members (excludes halogenated alkanes) is 4. The van der Waals surface area contributed by atoms with Crippen LogP contribution in [-0.2, 0) is 24.0 Å². The molecule has 2 amide bonds. The Labute approximate surface area is 252 Å². The van der Waals surface area contributed by atoms with Crippen molar-refractivity contribution in [3.8, 4) is 0 Å². The van der Waals surface area contributed by atoms with Crippen LogP contribution in [-0.4, -0.2) is 106 Å². The van der Waals surface area contributed by atoms with Gasteiger partial charge in [0, 0.05) is 58.7 Å². The molecule has 0 aliphatic carbocycles. The molecular formula is C31H57N3O8. The van der Waals surface area contributed by atoms with Gasteiger partial charge in [0.05, 0.1) is 19.3 Å². The zero-order valence-electron chi connectivity index (χ0n) is 26.5. The fourth-order valence-electron chi connectivity index (χ4n) is 4.62. The van der Waals surface area contributed by atoms with Gasteiger partial charge in [-0.15, -0.1) is 0 Å². The van der Waals surface area contributed by atoms with E-state index in [0.717, 1.165) is 51.4 Å². The van der Waals surface area contributed by atoms with Gasteiger partial charge in [-0.25, -0.2) is 0 Å². The summed E-state index contributed by atoms with van der Waals surface area (Å²) >= 11 is 0. The molecule has 0 atom stereocenters. The van der Waals surface area contributed by atoms with E-state index in [0.29, 0.717) is 37.8 Å². The molecule has 0 radical (unpaired) electrons. The lowest BCUT2D eigenvalue weighted by molar-refractivity contribution is -0.140. The Morgan fingerprint density at radius 1 is 0.452 bits per heavy atom. The Balaban J connectivity index is 5.23. The van der Waals surface area contributed by atoms with Crippen LogP contribution in [0.2, 0.25) is 0 Å². The summed E-state index contributed by atoms with van der Waals surface area (Å²) in [6.45, 7) is 10.1. The summed E-state index contributed by atoms with van der Waals surface area (Å²) < 4.78 is 0. The number of rotatable bonds is 27. The minimum Gasteiger partial charge on any atom is -0.481 e. The molecule has 0 unspecified atom stereocenters. The lowest BCUT2D eigenvalue weighted by atomic mass is 10.0. The second-order valence-electron chi connectivity index (χ2n) is 12.0. The van der Waals surface area contributed by atoms with Crippen molar-refractivity contribution in [1.29, 1.82) is 0 Å². The Kier molecular flexibility index (Phi) is 22.3. The number of nitrogens with zero attached hydrogens (tertiary/aromatic N) is 3. The lowest BCUT2D eigenvalue weighted by Gasteiger charge is -2.30. The predicted molar refractivity (Wildman–Crippen MR) is 162 cm³/mol. The van der Waals surface area contributed by atoms with Crippen LogP contribution in [0.1, 0.15) is 111 Å². The van der Waals surface area contributed by atoms with Crippen molar-refractivity contribution in [2.45, 2.75) is 111 Å². The van der Waals surface area contributed by atoms with Gasteiger partial charge in [-0.3, -0.25) is 28.9 Å². The average Bonchev–Trinajstić information content (AvgIpc) is 2.89. The van der Waals surface area contributed by atoms with Gasteiger partial charge < -0.3 is 25.1 Å². The summed E-state index contributed by atoms with van der Waals surface area (Å²) in [7, 11) is 0. The van der Waals surface area contributed by atoms with Crippen molar-refractivity contribution in [1.82, 2.24) is 14.7 Å². The third-order valence-electron chi connectivity index (χ3n) is 7.26. The number of hydrogen-bond donors (Lipinski definition) is 3. The lowest BCUT2D eigenvalue weighted by Crippen LogP contribution is -2.44. The monoisotopic (exact) mass is 599 g/mol. The molecule has 0 saturated carbocycles. The molecule has 0 aromatic heterocycles. The maximum absolute atomic E-state index is 12.9. The molecule has 0 bridgehead atoms. The fourth-order valence-corrected chi connectivity index (χ4v) is 4.62. The van der Waals surface area contributed by atoms with Crippen molar-refractivity contribution < 1.29 is 39.3 Å². The standard InChI is InChI=1S/C31H57N3O8/c1-25(2)11-7-5-9-13-27(35)33(19-16-30(39)40)23-21-32(18-15-29(37)38)22-24-34(20-17-31(41)42)28(36)14-10-6-8-12-26(3)4/h25-26H,5-24H2,1-4H3,(H,37,38)(H,39,40)(H,41,42). The SMILES string of the molecule is CC(C)CCCCCC(=O)N(CCC(=O)O)CCN(CCC(=O)O)CCN(CCC(=O)O)C(=O)CCCCCC(C)C. The Hall–Kier alpha value is -2.69. The minimum atomic E-state index is -0.996. The van der Waals surface area contributed by atoms with E-state index in [-0.39, 0.29) is 63.8 Å². The molecule has 0 saturated heterocycles. The first kappa shape index (κ1) is 39.3. The highest BCUT2D eigenvalue weighted by Gasteiger charge is 2.19. The molecule has 0 aromatic rings. The van der Waals surface area contributed by atoms with E-state index in [4.69, 9.17) is 0 Å². The van der Waals surface area contributed by atoms with Crippen LogP contribution < -0.4 is 0 Å². The molecule has 0 fully saturated rings. The quantitative estimate of drug-likeness (QED) is 0.115.